The van der Waals surface area contributed by atoms with Crippen molar-refractivity contribution < 1.29 is 14.7 Å². The van der Waals surface area contributed by atoms with E-state index in [9.17, 15) is 9.59 Å². The van der Waals surface area contributed by atoms with E-state index in [2.05, 4.69) is 5.32 Å². The normalized spacial score (nSPS) is 11.9. The second-order valence-electron chi connectivity index (χ2n) is 4.24. The monoisotopic (exact) mass is 281 g/mol. The Bertz CT molecular complexity index is 431. The van der Waals surface area contributed by atoms with Gasteiger partial charge in [0.1, 0.15) is 0 Å². The second-order valence-corrected chi connectivity index (χ2v) is 5.12. The molecule has 0 aliphatic heterocycles. The van der Waals surface area contributed by atoms with E-state index >= 15 is 0 Å². The van der Waals surface area contributed by atoms with Gasteiger partial charge in [-0.1, -0.05) is 19.1 Å². The molecule has 0 heterocycles. The Kier molecular flexibility index (Phi) is 6.42. The number of carboxylic acids is 1. The first-order valence-corrected chi connectivity index (χ1v) is 7.44. The molecule has 1 aromatic carbocycles. The lowest BCUT2D eigenvalue weighted by Crippen LogP contribution is -2.29. The molecule has 0 spiro atoms. The fraction of sp³-hybridized carbons (Fsp3) is 0.429. The fourth-order valence-corrected chi connectivity index (χ4v) is 2.16. The van der Waals surface area contributed by atoms with E-state index in [0.29, 0.717) is 6.42 Å². The summed E-state index contributed by atoms with van der Waals surface area (Å²) in [5.41, 5.74) is 0.824. The number of benzene rings is 1. The van der Waals surface area contributed by atoms with E-state index < -0.39 is 12.0 Å². The van der Waals surface area contributed by atoms with Crippen molar-refractivity contribution in [3.05, 3.63) is 29.8 Å². The lowest BCUT2D eigenvalue weighted by Gasteiger charge is -2.17. The molecule has 4 nitrogen and oxygen atoms in total. The van der Waals surface area contributed by atoms with Crippen molar-refractivity contribution in [3.8, 4) is 0 Å². The molecule has 0 fully saturated rings. The third kappa shape index (κ3) is 5.34. The Morgan fingerprint density at radius 1 is 1.32 bits per heavy atom. The Morgan fingerprint density at radius 2 is 1.95 bits per heavy atom. The number of carbonyl (C=O) groups excluding carboxylic acids is 1. The van der Waals surface area contributed by atoms with Crippen LogP contribution in [0.15, 0.2) is 29.2 Å². The van der Waals surface area contributed by atoms with Crippen LogP contribution < -0.4 is 5.32 Å². The molecule has 1 aromatic rings. The SMILES string of the molecule is CCCC(=O)NC(CC(=O)O)c1ccc(SC)cc1. The highest BCUT2D eigenvalue weighted by atomic mass is 32.2. The summed E-state index contributed by atoms with van der Waals surface area (Å²) in [5, 5.41) is 11.7. The van der Waals surface area contributed by atoms with E-state index in [1.54, 1.807) is 11.8 Å². The minimum atomic E-state index is -0.921. The lowest BCUT2D eigenvalue weighted by molar-refractivity contribution is -0.137. The summed E-state index contributed by atoms with van der Waals surface area (Å²) in [4.78, 5) is 23.6. The van der Waals surface area contributed by atoms with Crippen molar-refractivity contribution in [2.45, 2.75) is 37.1 Å². The van der Waals surface area contributed by atoms with Crippen LogP contribution in [0.25, 0.3) is 0 Å². The third-order valence-corrected chi connectivity index (χ3v) is 3.45. The Morgan fingerprint density at radius 3 is 2.42 bits per heavy atom. The topological polar surface area (TPSA) is 66.4 Å². The highest BCUT2D eigenvalue weighted by Crippen LogP contribution is 2.21. The van der Waals surface area contributed by atoms with Crippen LogP contribution >= 0.6 is 11.8 Å². The number of hydrogen-bond acceptors (Lipinski definition) is 3. The maximum Gasteiger partial charge on any atom is 0.305 e. The summed E-state index contributed by atoms with van der Waals surface area (Å²) in [6, 6.07) is 7.13. The molecule has 1 atom stereocenters. The highest BCUT2D eigenvalue weighted by Gasteiger charge is 2.17. The molecule has 2 N–H and O–H groups in total. The van der Waals surface area contributed by atoms with E-state index in [1.165, 1.54) is 0 Å². The van der Waals surface area contributed by atoms with Gasteiger partial charge in [0, 0.05) is 11.3 Å². The Labute approximate surface area is 117 Å². The minimum absolute atomic E-state index is 0.103. The van der Waals surface area contributed by atoms with E-state index in [-0.39, 0.29) is 12.3 Å². The molecule has 0 aliphatic rings. The first-order valence-electron chi connectivity index (χ1n) is 6.22. The van der Waals surface area contributed by atoms with Crippen molar-refractivity contribution in [2.75, 3.05) is 6.26 Å². The molecule has 5 heteroatoms. The quantitative estimate of drug-likeness (QED) is 0.754. The van der Waals surface area contributed by atoms with Gasteiger partial charge in [0.05, 0.1) is 12.5 Å². The van der Waals surface area contributed by atoms with Gasteiger partial charge < -0.3 is 10.4 Å². The van der Waals surface area contributed by atoms with Crippen LogP contribution in [0.4, 0.5) is 0 Å². The second kappa shape index (κ2) is 7.84. The number of rotatable bonds is 7. The molecule has 1 amide bonds. The maximum absolute atomic E-state index is 11.6. The molecular formula is C14H19NO3S. The molecule has 0 aromatic heterocycles. The van der Waals surface area contributed by atoms with Crippen LogP contribution in [0.3, 0.4) is 0 Å². The molecule has 104 valence electrons. The summed E-state index contributed by atoms with van der Waals surface area (Å²) < 4.78 is 0. The average molecular weight is 281 g/mol. The van der Waals surface area contributed by atoms with Gasteiger partial charge in [0.25, 0.3) is 0 Å². The number of carbonyl (C=O) groups is 2. The van der Waals surface area contributed by atoms with Crippen LogP contribution in [0.1, 0.15) is 37.8 Å². The van der Waals surface area contributed by atoms with Crippen molar-refractivity contribution in [1.29, 1.82) is 0 Å². The fourth-order valence-electron chi connectivity index (χ4n) is 1.76. The molecule has 1 rings (SSSR count). The highest BCUT2D eigenvalue weighted by molar-refractivity contribution is 7.98. The smallest absolute Gasteiger partial charge is 0.305 e. The first-order chi connectivity index (χ1) is 9.06. The minimum Gasteiger partial charge on any atom is -0.481 e. The van der Waals surface area contributed by atoms with Gasteiger partial charge in [0.2, 0.25) is 5.91 Å². The predicted octanol–water partition coefficient (Wildman–Crippen LogP) is 2.84. The number of hydrogen-bond donors (Lipinski definition) is 2. The van der Waals surface area contributed by atoms with E-state index in [0.717, 1.165) is 16.9 Å². The first kappa shape index (κ1) is 15.6. The van der Waals surface area contributed by atoms with Crippen molar-refractivity contribution in [2.24, 2.45) is 0 Å². The molecule has 19 heavy (non-hydrogen) atoms. The standard InChI is InChI=1S/C14H19NO3S/c1-3-4-13(16)15-12(9-14(17)18)10-5-7-11(19-2)8-6-10/h5-8,12H,3-4,9H2,1-2H3,(H,15,16)(H,17,18). The Hall–Kier alpha value is -1.49. The maximum atomic E-state index is 11.6. The van der Waals surface area contributed by atoms with Gasteiger partial charge in [-0.2, -0.15) is 0 Å². The van der Waals surface area contributed by atoms with Crippen LogP contribution in [-0.4, -0.2) is 23.2 Å². The van der Waals surface area contributed by atoms with Gasteiger partial charge in [-0.15, -0.1) is 11.8 Å². The average Bonchev–Trinajstić information content (AvgIpc) is 2.38. The molecule has 0 saturated heterocycles. The summed E-state index contributed by atoms with van der Waals surface area (Å²) in [6.07, 6.45) is 3.04. The van der Waals surface area contributed by atoms with Gasteiger partial charge in [0.15, 0.2) is 0 Å². The summed E-state index contributed by atoms with van der Waals surface area (Å²) >= 11 is 1.62. The summed E-state index contributed by atoms with van der Waals surface area (Å²) in [5.74, 6) is -1.03. The van der Waals surface area contributed by atoms with Crippen molar-refractivity contribution in [3.63, 3.8) is 0 Å². The number of nitrogens with one attached hydrogen (secondary N) is 1. The van der Waals surface area contributed by atoms with Crippen LogP contribution in [0.2, 0.25) is 0 Å². The zero-order chi connectivity index (χ0) is 14.3. The molecule has 0 aliphatic carbocycles. The molecule has 0 bridgehead atoms. The van der Waals surface area contributed by atoms with Gasteiger partial charge in [-0.05, 0) is 30.4 Å². The number of amides is 1. The lowest BCUT2D eigenvalue weighted by atomic mass is 10.0. The summed E-state index contributed by atoms with van der Waals surface area (Å²) in [7, 11) is 0. The largest absolute Gasteiger partial charge is 0.481 e. The van der Waals surface area contributed by atoms with Crippen molar-refractivity contribution in [1.82, 2.24) is 5.32 Å². The number of thioether (sulfide) groups is 1. The van der Waals surface area contributed by atoms with Crippen LogP contribution in [-0.2, 0) is 9.59 Å². The van der Waals surface area contributed by atoms with E-state index in [1.807, 2.05) is 37.4 Å². The van der Waals surface area contributed by atoms with Gasteiger partial charge in [-0.25, -0.2) is 0 Å². The van der Waals surface area contributed by atoms with Gasteiger partial charge >= 0.3 is 5.97 Å². The van der Waals surface area contributed by atoms with Crippen molar-refractivity contribution >= 4 is 23.6 Å². The Balaban J connectivity index is 2.82. The zero-order valence-electron chi connectivity index (χ0n) is 11.2. The zero-order valence-corrected chi connectivity index (χ0v) is 12.0. The van der Waals surface area contributed by atoms with Crippen LogP contribution in [0, 0.1) is 0 Å². The molecule has 0 saturated carbocycles. The predicted molar refractivity (Wildman–Crippen MR) is 76.3 cm³/mol. The molecular weight excluding hydrogens is 262 g/mol. The van der Waals surface area contributed by atoms with Gasteiger partial charge in [-0.3, -0.25) is 9.59 Å². The molecule has 0 radical (unpaired) electrons. The number of aliphatic carboxylic acids is 1. The van der Waals surface area contributed by atoms with Crippen LogP contribution in [0.5, 0.6) is 0 Å². The molecule has 1 unspecified atom stereocenters. The third-order valence-electron chi connectivity index (χ3n) is 2.71. The van der Waals surface area contributed by atoms with E-state index in [4.69, 9.17) is 5.11 Å². The number of carboxylic acid groups (broad SMARTS) is 1. The summed E-state index contributed by atoms with van der Waals surface area (Å²) in [6.45, 7) is 1.92.